The van der Waals surface area contributed by atoms with Crippen molar-refractivity contribution in [3.63, 3.8) is 0 Å². The Morgan fingerprint density at radius 1 is 0.709 bits per heavy atom. The lowest BCUT2D eigenvalue weighted by Gasteiger charge is -2.44. The number of esters is 1. The Kier molecular flexibility index (Phi) is 15.8. The van der Waals surface area contributed by atoms with Crippen molar-refractivity contribution < 1.29 is 98.4 Å². The van der Waals surface area contributed by atoms with Crippen LogP contribution in [0.4, 0.5) is 74.6 Å². The number of hydrogen-bond donors (Lipinski definition) is 1. The number of ether oxygens (including phenoxy) is 2. The minimum absolute atomic E-state index is 0.0319. The first-order valence-electron chi connectivity index (χ1n) is 16.2. The highest BCUT2D eigenvalue weighted by Gasteiger charge is 2.95. The summed E-state index contributed by atoms with van der Waals surface area (Å²) in [6.45, 7) is 7.67. The molecule has 1 aromatic rings. The van der Waals surface area contributed by atoms with Gasteiger partial charge < -0.3 is 19.0 Å². The topological polar surface area (TPSA) is 65.0 Å². The second-order valence-corrected chi connectivity index (χ2v) is 18.0. The molecule has 0 spiro atoms. The molecule has 0 heterocycles. The van der Waals surface area contributed by atoms with Crippen molar-refractivity contribution in [1.82, 2.24) is 0 Å². The summed E-state index contributed by atoms with van der Waals surface area (Å²) in [7, 11) is -3.94. The average molecular weight is 855 g/mol. The summed E-state index contributed by atoms with van der Waals surface area (Å²) in [5.41, 5.74) is -1.06. The van der Waals surface area contributed by atoms with Gasteiger partial charge in [-0.05, 0) is 55.1 Å². The van der Waals surface area contributed by atoms with E-state index in [4.69, 9.17) is 13.9 Å². The summed E-state index contributed by atoms with van der Waals surface area (Å²) in [6, 6.07) is 4.35. The molecule has 5 nitrogen and oxygen atoms in total. The largest absolute Gasteiger partial charge is 0.491 e. The van der Waals surface area contributed by atoms with Crippen molar-refractivity contribution in [3.05, 3.63) is 41.5 Å². The molecule has 0 aromatic heterocycles. The molecular weight excluding hydrogens is 815 g/mol. The van der Waals surface area contributed by atoms with Crippen LogP contribution < -0.4 is 4.74 Å². The van der Waals surface area contributed by atoms with E-state index in [-0.39, 0.29) is 31.0 Å². The van der Waals surface area contributed by atoms with E-state index in [1.165, 1.54) is 65.0 Å². The van der Waals surface area contributed by atoms with Gasteiger partial charge >= 0.3 is 53.6 Å². The van der Waals surface area contributed by atoms with E-state index in [9.17, 15) is 84.5 Å². The molecule has 23 heteroatoms. The van der Waals surface area contributed by atoms with E-state index in [2.05, 4.69) is 0 Å². The monoisotopic (exact) mass is 854 g/mol. The van der Waals surface area contributed by atoms with Gasteiger partial charge in [-0.25, -0.2) is 4.79 Å². The van der Waals surface area contributed by atoms with Gasteiger partial charge in [0.1, 0.15) is 12.4 Å². The van der Waals surface area contributed by atoms with Crippen molar-refractivity contribution in [1.29, 1.82) is 0 Å². The van der Waals surface area contributed by atoms with E-state index >= 15 is 0 Å². The summed E-state index contributed by atoms with van der Waals surface area (Å²) in [5, 5.41) is 10.4. The highest BCUT2D eigenvalue weighted by molar-refractivity contribution is 6.76. The van der Waals surface area contributed by atoms with Crippen LogP contribution in [0.15, 0.2) is 35.9 Å². The molecular formula is C32H39F17O5Si. The van der Waals surface area contributed by atoms with Crippen LogP contribution in [0, 0.1) is 0 Å². The van der Waals surface area contributed by atoms with Crippen LogP contribution in [0.5, 0.6) is 5.75 Å². The molecule has 0 saturated heterocycles. The number of aliphatic hydroxyl groups is 1. The zero-order valence-corrected chi connectivity index (χ0v) is 30.9. The molecule has 0 bridgehead atoms. The Hall–Kier alpha value is -2.82. The first-order valence-corrected chi connectivity index (χ1v) is 18.4. The Balaban J connectivity index is 3.20. The zero-order chi connectivity index (χ0) is 43.4. The summed E-state index contributed by atoms with van der Waals surface area (Å²) in [6.07, 6.45) is -9.94. The van der Waals surface area contributed by atoms with Crippen LogP contribution in [0.3, 0.4) is 0 Å². The second-order valence-electron chi connectivity index (χ2n) is 13.0. The van der Waals surface area contributed by atoms with Crippen molar-refractivity contribution in [2.45, 2.75) is 125 Å². The molecule has 0 unspecified atom stereocenters. The van der Waals surface area contributed by atoms with E-state index in [1.807, 2.05) is 0 Å². The number of halogens is 17. The van der Waals surface area contributed by atoms with Crippen LogP contribution >= 0.6 is 0 Å². The molecule has 0 aliphatic rings. The normalized spacial score (nSPS) is 15.5. The zero-order valence-electron chi connectivity index (χ0n) is 29.9. The molecule has 0 aliphatic carbocycles. The van der Waals surface area contributed by atoms with Gasteiger partial charge in [0.2, 0.25) is 0 Å². The molecule has 55 heavy (non-hydrogen) atoms. The Morgan fingerprint density at radius 2 is 1.15 bits per heavy atom. The quantitative estimate of drug-likeness (QED) is 0.0439. The molecule has 0 amide bonds. The predicted octanol–water partition coefficient (Wildman–Crippen LogP) is 11.2. The van der Waals surface area contributed by atoms with Gasteiger partial charge in [-0.15, -0.1) is 0 Å². The SMILES string of the molecule is CCOC(=O)/C(C)=C/C[C@H](O)c1ccc(OCCO[Si](CCC(F)(F)C(F)(F)C(F)(F)C(F)(F)C(F)(F)C(F)(F)C(F)(F)C(F)(F)F)(C(C)C)C(C)C)cc1. The van der Waals surface area contributed by atoms with Gasteiger partial charge in [0.25, 0.3) is 0 Å². The van der Waals surface area contributed by atoms with Crippen LogP contribution in [0.25, 0.3) is 0 Å². The minimum Gasteiger partial charge on any atom is -0.491 e. The number of aliphatic hydroxyl groups excluding tert-OH is 1. The van der Waals surface area contributed by atoms with Crippen LogP contribution in [0.2, 0.25) is 17.1 Å². The molecule has 320 valence electrons. The molecule has 1 N–H and O–H groups in total. The fraction of sp³-hybridized carbons (Fsp3) is 0.719. The number of hydrogen-bond acceptors (Lipinski definition) is 5. The van der Waals surface area contributed by atoms with E-state index in [0.29, 0.717) is 5.56 Å². The van der Waals surface area contributed by atoms with Crippen LogP contribution in [-0.2, 0) is 14.0 Å². The number of benzene rings is 1. The fourth-order valence-corrected chi connectivity index (χ4v) is 9.75. The second kappa shape index (κ2) is 17.4. The van der Waals surface area contributed by atoms with Crippen molar-refractivity contribution in [2.24, 2.45) is 0 Å². The molecule has 1 atom stereocenters. The lowest BCUT2D eigenvalue weighted by atomic mass is 9.88. The summed E-state index contributed by atoms with van der Waals surface area (Å²) in [4.78, 5) is 11.7. The van der Waals surface area contributed by atoms with Gasteiger partial charge in [0, 0.05) is 12.0 Å². The third kappa shape index (κ3) is 9.66. The van der Waals surface area contributed by atoms with Crippen molar-refractivity contribution in [3.8, 4) is 5.75 Å². The Bertz CT molecular complexity index is 1440. The van der Waals surface area contributed by atoms with Gasteiger partial charge in [-0.3, -0.25) is 0 Å². The molecule has 0 aliphatic heterocycles. The van der Waals surface area contributed by atoms with Crippen LogP contribution in [0.1, 0.15) is 66.1 Å². The van der Waals surface area contributed by atoms with E-state index in [0.717, 1.165) is 0 Å². The lowest BCUT2D eigenvalue weighted by Crippen LogP contribution is -2.74. The lowest BCUT2D eigenvalue weighted by molar-refractivity contribution is -0.461. The fourth-order valence-electron chi connectivity index (χ4n) is 5.29. The maximum atomic E-state index is 14.8. The maximum absolute atomic E-state index is 14.8. The third-order valence-electron chi connectivity index (χ3n) is 8.80. The highest BCUT2D eigenvalue weighted by Crippen LogP contribution is 2.64. The van der Waals surface area contributed by atoms with Gasteiger partial charge in [-0.1, -0.05) is 45.9 Å². The molecule has 0 radical (unpaired) electrons. The number of carbonyl (C=O) groups excluding carboxylic acids is 1. The van der Waals surface area contributed by atoms with Gasteiger partial charge in [0.05, 0.1) is 19.3 Å². The average Bonchev–Trinajstić information content (AvgIpc) is 3.05. The number of rotatable bonds is 21. The summed E-state index contributed by atoms with van der Waals surface area (Å²) < 4.78 is 250. The van der Waals surface area contributed by atoms with E-state index < -0.39 is 98.2 Å². The molecule has 1 rings (SSSR count). The highest BCUT2D eigenvalue weighted by atomic mass is 28.4. The van der Waals surface area contributed by atoms with Gasteiger partial charge in [-0.2, -0.15) is 74.6 Å². The molecule has 0 saturated carbocycles. The van der Waals surface area contributed by atoms with E-state index in [1.54, 1.807) is 6.92 Å². The number of alkyl halides is 17. The maximum Gasteiger partial charge on any atom is 0.460 e. The summed E-state index contributed by atoms with van der Waals surface area (Å²) in [5.74, 6) is -57.1. The number of carbonyl (C=O) groups is 1. The first-order chi connectivity index (χ1) is 24.6. The van der Waals surface area contributed by atoms with Crippen molar-refractivity contribution >= 4 is 14.3 Å². The first kappa shape index (κ1) is 50.2. The smallest absolute Gasteiger partial charge is 0.460 e. The standard InChI is InChI=1S/C32H39F17O5Si/c1-7-52-24(51)20(6)8-13-23(50)21-9-11-22(12-10-21)53-15-16-54-55(18(2)3,19(4)5)17-14-25(33,34)26(35,36)27(37,38)28(39,40)29(41,42)30(43,44)31(45,46)32(47,48)49/h8-12,18-19,23,50H,7,13-17H2,1-6H3/b20-8+/t23-/m0/s1. The molecule has 1 aromatic carbocycles. The molecule has 0 fully saturated rings. The van der Waals surface area contributed by atoms with Crippen molar-refractivity contribution in [2.75, 3.05) is 19.8 Å². The predicted molar refractivity (Wildman–Crippen MR) is 164 cm³/mol. The third-order valence-corrected chi connectivity index (χ3v) is 14.5. The Morgan fingerprint density at radius 3 is 1.56 bits per heavy atom. The Labute approximate surface area is 305 Å². The van der Waals surface area contributed by atoms with Gasteiger partial charge in [0.15, 0.2) is 8.32 Å². The summed E-state index contributed by atoms with van der Waals surface area (Å²) >= 11 is 0. The van der Waals surface area contributed by atoms with Crippen LogP contribution in [-0.4, -0.2) is 86.8 Å². The minimum atomic E-state index is -8.68.